The summed E-state index contributed by atoms with van der Waals surface area (Å²) >= 11 is 1.93. The van der Waals surface area contributed by atoms with Gasteiger partial charge in [-0.25, -0.2) is 0 Å². The predicted molar refractivity (Wildman–Crippen MR) is 213 cm³/mol. The Morgan fingerprint density at radius 1 is 0.560 bits per heavy atom. The molecule has 250 valence electrons. The lowest BCUT2D eigenvalue weighted by molar-refractivity contribution is -0.0399. The standard InChI is InChI=1S/C48H47NS/c1-46(2)21-22-47(3,4)45-38(46)14-9-16-41(45)49(40-15-10-18-43-44(40)36-12-6-8-17-42(36)50-43)33-19-20-35-34-11-5-7-13-37(34)48(39(35)28-33)31-24-29-23-30(26-31)27-32(48)25-29/h5-20,28-32H,21-27H2,1-4H3. The third kappa shape index (κ3) is 3.84. The van der Waals surface area contributed by atoms with Crippen molar-refractivity contribution in [1.29, 1.82) is 0 Å². The number of hydrogen-bond donors (Lipinski definition) is 0. The lowest BCUT2D eigenvalue weighted by Gasteiger charge is -2.61. The first kappa shape index (κ1) is 29.8. The van der Waals surface area contributed by atoms with Crippen LogP contribution in [0.15, 0.2) is 103 Å². The van der Waals surface area contributed by atoms with Gasteiger partial charge >= 0.3 is 0 Å². The monoisotopic (exact) mass is 669 g/mol. The van der Waals surface area contributed by atoms with Crippen LogP contribution in [0, 0.1) is 23.7 Å². The van der Waals surface area contributed by atoms with E-state index >= 15 is 0 Å². The average molecular weight is 670 g/mol. The van der Waals surface area contributed by atoms with Gasteiger partial charge in [-0.15, -0.1) is 11.3 Å². The molecule has 0 radical (unpaired) electrons. The van der Waals surface area contributed by atoms with E-state index in [1.54, 1.807) is 11.1 Å². The van der Waals surface area contributed by atoms with E-state index in [9.17, 15) is 0 Å². The summed E-state index contributed by atoms with van der Waals surface area (Å²) < 4.78 is 2.73. The van der Waals surface area contributed by atoms with Gasteiger partial charge in [-0.1, -0.05) is 94.4 Å². The van der Waals surface area contributed by atoms with Crippen molar-refractivity contribution in [2.45, 2.75) is 88.9 Å². The molecule has 6 aromatic rings. The van der Waals surface area contributed by atoms with Crippen molar-refractivity contribution in [1.82, 2.24) is 0 Å². The fourth-order valence-electron chi connectivity index (χ4n) is 12.5. The summed E-state index contributed by atoms with van der Waals surface area (Å²) in [6.45, 7) is 9.91. The van der Waals surface area contributed by atoms with Crippen LogP contribution >= 0.6 is 11.3 Å². The Hall–Kier alpha value is -3.88. The first-order chi connectivity index (χ1) is 24.2. The highest BCUT2D eigenvalue weighted by Gasteiger charge is 2.61. The summed E-state index contributed by atoms with van der Waals surface area (Å²) in [5, 5.41) is 2.75. The molecule has 6 aliphatic carbocycles. The van der Waals surface area contributed by atoms with E-state index in [4.69, 9.17) is 0 Å². The van der Waals surface area contributed by atoms with Crippen LogP contribution in [0.1, 0.15) is 94.9 Å². The van der Waals surface area contributed by atoms with Crippen molar-refractivity contribution < 1.29 is 0 Å². The molecule has 6 aliphatic rings. The Morgan fingerprint density at radius 3 is 2.02 bits per heavy atom. The van der Waals surface area contributed by atoms with E-state index in [1.165, 1.54) is 104 Å². The van der Waals surface area contributed by atoms with Gasteiger partial charge in [0, 0.05) is 31.3 Å². The SMILES string of the molecule is CC1(C)CCC(C)(C)c2c(N(c3ccc4c(c3)C3(c5ccccc5-4)C4CC5CC(C4)CC3C5)c3cccc4sc5ccccc5c34)cccc21. The molecule has 0 saturated heterocycles. The van der Waals surface area contributed by atoms with Crippen LogP contribution in [0.3, 0.4) is 0 Å². The van der Waals surface area contributed by atoms with E-state index in [2.05, 4.69) is 136 Å². The molecule has 2 heteroatoms. The summed E-state index contributed by atoms with van der Waals surface area (Å²) in [6.07, 6.45) is 9.52. The van der Waals surface area contributed by atoms with Crippen molar-refractivity contribution in [3.05, 3.63) is 125 Å². The van der Waals surface area contributed by atoms with Crippen LogP contribution in [0.25, 0.3) is 31.3 Å². The highest BCUT2D eigenvalue weighted by atomic mass is 32.1. The Bertz CT molecular complexity index is 2340. The minimum Gasteiger partial charge on any atom is -0.310 e. The highest BCUT2D eigenvalue weighted by Crippen LogP contribution is 2.70. The number of hydrogen-bond acceptors (Lipinski definition) is 2. The van der Waals surface area contributed by atoms with Gasteiger partial charge in [0.15, 0.2) is 0 Å². The number of nitrogens with zero attached hydrogens (tertiary/aromatic N) is 1. The maximum Gasteiger partial charge on any atom is 0.0554 e. The molecule has 4 bridgehead atoms. The van der Waals surface area contributed by atoms with Crippen molar-refractivity contribution >= 4 is 48.6 Å². The fraction of sp³-hybridized carbons (Fsp3) is 0.375. The van der Waals surface area contributed by atoms with Crippen molar-refractivity contribution in [2.24, 2.45) is 23.7 Å². The fourth-order valence-corrected chi connectivity index (χ4v) is 13.6. The molecule has 0 aliphatic heterocycles. The maximum atomic E-state index is 2.70. The molecule has 0 N–H and O–H groups in total. The van der Waals surface area contributed by atoms with Gasteiger partial charge in [-0.05, 0) is 149 Å². The smallest absolute Gasteiger partial charge is 0.0554 e. The lowest BCUT2D eigenvalue weighted by Crippen LogP contribution is -2.55. The van der Waals surface area contributed by atoms with Crippen LogP contribution in [0.4, 0.5) is 17.1 Å². The van der Waals surface area contributed by atoms with Gasteiger partial charge in [0.05, 0.1) is 11.4 Å². The van der Waals surface area contributed by atoms with Crippen LogP contribution in [0.2, 0.25) is 0 Å². The minimum atomic E-state index is 0.0694. The van der Waals surface area contributed by atoms with Gasteiger partial charge in [0.25, 0.3) is 0 Å². The zero-order chi connectivity index (χ0) is 33.6. The van der Waals surface area contributed by atoms with E-state index in [0.717, 1.165) is 23.7 Å². The van der Waals surface area contributed by atoms with E-state index in [-0.39, 0.29) is 16.2 Å². The molecule has 4 saturated carbocycles. The van der Waals surface area contributed by atoms with Gasteiger partial charge < -0.3 is 4.90 Å². The van der Waals surface area contributed by atoms with Gasteiger partial charge in [-0.3, -0.25) is 0 Å². The van der Waals surface area contributed by atoms with Gasteiger partial charge in [0.1, 0.15) is 0 Å². The zero-order valence-electron chi connectivity index (χ0n) is 29.9. The first-order valence-corrected chi connectivity index (χ1v) is 20.1. The summed E-state index contributed by atoms with van der Waals surface area (Å²) in [7, 11) is 0. The predicted octanol–water partition coefficient (Wildman–Crippen LogP) is 13.6. The van der Waals surface area contributed by atoms with Crippen LogP contribution in [-0.2, 0) is 16.2 Å². The number of benzene rings is 5. The average Bonchev–Trinajstić information content (AvgIpc) is 3.63. The Morgan fingerprint density at radius 2 is 1.20 bits per heavy atom. The van der Waals surface area contributed by atoms with E-state index < -0.39 is 0 Å². The van der Waals surface area contributed by atoms with Crippen LogP contribution in [0.5, 0.6) is 0 Å². The molecule has 12 rings (SSSR count). The van der Waals surface area contributed by atoms with Gasteiger partial charge in [0.2, 0.25) is 0 Å². The van der Waals surface area contributed by atoms with Crippen molar-refractivity contribution in [2.75, 3.05) is 4.90 Å². The Balaban J connectivity index is 1.22. The molecule has 1 heterocycles. The first-order valence-electron chi connectivity index (χ1n) is 19.3. The quantitative estimate of drug-likeness (QED) is 0.181. The molecule has 0 amide bonds. The third-order valence-corrected chi connectivity index (χ3v) is 15.6. The second kappa shape index (κ2) is 10.1. The maximum absolute atomic E-state index is 2.70. The molecule has 0 atom stereocenters. The molecule has 1 nitrogen and oxygen atoms in total. The zero-order valence-corrected chi connectivity index (χ0v) is 30.7. The summed E-state index contributed by atoms with van der Waals surface area (Å²) in [6, 6.07) is 40.5. The Kier molecular flexibility index (Phi) is 6.04. The molecule has 1 spiro atoms. The van der Waals surface area contributed by atoms with Gasteiger partial charge in [-0.2, -0.15) is 0 Å². The molecular formula is C48H47NS. The minimum absolute atomic E-state index is 0.0694. The largest absolute Gasteiger partial charge is 0.310 e. The normalized spacial score (nSPS) is 27.8. The third-order valence-electron chi connectivity index (χ3n) is 14.5. The molecule has 50 heavy (non-hydrogen) atoms. The van der Waals surface area contributed by atoms with Crippen LogP contribution in [-0.4, -0.2) is 0 Å². The van der Waals surface area contributed by atoms with Crippen molar-refractivity contribution in [3.8, 4) is 11.1 Å². The highest BCUT2D eigenvalue weighted by molar-refractivity contribution is 7.26. The number of thiophene rings is 1. The van der Waals surface area contributed by atoms with Crippen LogP contribution < -0.4 is 4.90 Å². The molecular weight excluding hydrogens is 623 g/mol. The Labute approximate surface area is 301 Å². The summed E-state index contributed by atoms with van der Waals surface area (Å²) in [5.41, 5.74) is 13.6. The lowest BCUT2D eigenvalue weighted by atomic mass is 9.43. The second-order valence-electron chi connectivity index (χ2n) is 18.0. The molecule has 0 unspecified atom stereocenters. The van der Waals surface area contributed by atoms with Crippen molar-refractivity contribution in [3.63, 3.8) is 0 Å². The second-order valence-corrected chi connectivity index (χ2v) is 19.1. The summed E-state index contributed by atoms with van der Waals surface area (Å²) in [4.78, 5) is 2.70. The molecule has 1 aromatic heterocycles. The van der Waals surface area contributed by atoms with E-state index in [1.807, 2.05) is 11.3 Å². The molecule has 4 fully saturated rings. The number of fused-ring (bicyclic) bond motifs is 7. The topological polar surface area (TPSA) is 3.24 Å². The number of rotatable bonds is 3. The van der Waals surface area contributed by atoms with E-state index in [0.29, 0.717) is 0 Å². The summed E-state index contributed by atoms with van der Waals surface area (Å²) in [5.74, 6) is 3.37. The molecule has 5 aromatic carbocycles. The number of anilines is 3.